The predicted molar refractivity (Wildman–Crippen MR) is 85.7 cm³/mol. The van der Waals surface area contributed by atoms with E-state index in [0.29, 0.717) is 25.1 Å². The van der Waals surface area contributed by atoms with Crippen molar-refractivity contribution >= 4 is 21.4 Å². The smallest absolute Gasteiger partial charge is 0.244 e. The molecule has 1 aromatic rings. The zero-order valence-corrected chi connectivity index (χ0v) is 13.9. The van der Waals surface area contributed by atoms with E-state index in [2.05, 4.69) is 5.32 Å². The van der Waals surface area contributed by atoms with E-state index in [9.17, 15) is 13.5 Å². The summed E-state index contributed by atoms with van der Waals surface area (Å²) < 4.78 is 25.5. The number of hydrogen-bond acceptors (Lipinski definition) is 5. The minimum absolute atomic E-state index is 0.0639. The van der Waals surface area contributed by atoms with Gasteiger partial charge in [-0.1, -0.05) is 19.9 Å². The highest BCUT2D eigenvalue weighted by atomic mass is 32.2. The molecule has 0 fully saturated rings. The quantitative estimate of drug-likeness (QED) is 0.662. The molecule has 21 heavy (non-hydrogen) atoms. The first kappa shape index (κ1) is 17.7. The third-order valence-corrected chi connectivity index (χ3v) is 5.62. The van der Waals surface area contributed by atoms with Crippen LogP contribution in [0.2, 0.25) is 0 Å². The van der Waals surface area contributed by atoms with Crippen LogP contribution in [0, 0.1) is 0 Å². The molecule has 0 spiro atoms. The van der Waals surface area contributed by atoms with Crippen LogP contribution < -0.4 is 11.1 Å². The van der Waals surface area contributed by atoms with Crippen molar-refractivity contribution in [2.45, 2.75) is 37.2 Å². The highest BCUT2D eigenvalue weighted by Crippen LogP contribution is 2.29. The van der Waals surface area contributed by atoms with Crippen molar-refractivity contribution in [2.24, 2.45) is 0 Å². The molecule has 0 heterocycles. The fourth-order valence-electron chi connectivity index (χ4n) is 1.88. The first-order valence-corrected chi connectivity index (χ1v) is 8.39. The van der Waals surface area contributed by atoms with Crippen LogP contribution in [0.15, 0.2) is 23.1 Å². The standard InChI is InChI=1S/C14H25N3O3S/c1-5-14(18,6-2)10-16-11-8-7-9-12(13(11)15)21(19,20)17(3)4/h7-9,16,18H,5-6,10,15H2,1-4H3. The molecule has 0 bridgehead atoms. The van der Waals surface area contributed by atoms with Crippen molar-refractivity contribution in [1.82, 2.24) is 4.31 Å². The lowest BCUT2D eigenvalue weighted by atomic mass is 9.97. The molecular weight excluding hydrogens is 290 g/mol. The fraction of sp³-hybridized carbons (Fsp3) is 0.571. The maximum absolute atomic E-state index is 12.2. The number of benzene rings is 1. The first-order chi connectivity index (χ1) is 9.68. The van der Waals surface area contributed by atoms with Crippen LogP contribution in [0.5, 0.6) is 0 Å². The molecule has 0 radical (unpaired) electrons. The topological polar surface area (TPSA) is 95.7 Å². The number of para-hydroxylation sites is 1. The fourth-order valence-corrected chi connectivity index (χ4v) is 2.91. The van der Waals surface area contributed by atoms with Gasteiger partial charge in [-0.05, 0) is 25.0 Å². The first-order valence-electron chi connectivity index (χ1n) is 6.95. The SMILES string of the molecule is CCC(O)(CC)CNc1cccc(S(=O)(=O)N(C)C)c1N. The van der Waals surface area contributed by atoms with Crippen molar-refractivity contribution in [3.05, 3.63) is 18.2 Å². The van der Waals surface area contributed by atoms with E-state index in [4.69, 9.17) is 5.73 Å². The maximum Gasteiger partial charge on any atom is 0.244 e. The van der Waals surface area contributed by atoms with Crippen molar-refractivity contribution in [3.8, 4) is 0 Å². The van der Waals surface area contributed by atoms with E-state index in [1.165, 1.54) is 20.2 Å². The Balaban J connectivity index is 3.08. The Morgan fingerprint density at radius 3 is 2.33 bits per heavy atom. The van der Waals surface area contributed by atoms with Gasteiger partial charge in [0.25, 0.3) is 0 Å². The Morgan fingerprint density at radius 2 is 1.86 bits per heavy atom. The average Bonchev–Trinajstić information content (AvgIpc) is 2.45. The second-order valence-corrected chi connectivity index (χ2v) is 7.41. The number of rotatable bonds is 7. The molecule has 0 amide bonds. The number of hydrogen-bond donors (Lipinski definition) is 3. The molecule has 0 unspecified atom stereocenters. The molecule has 0 aliphatic carbocycles. The molecule has 1 rings (SSSR count). The van der Waals surface area contributed by atoms with E-state index >= 15 is 0 Å². The van der Waals surface area contributed by atoms with Gasteiger partial charge < -0.3 is 16.2 Å². The van der Waals surface area contributed by atoms with E-state index < -0.39 is 15.6 Å². The zero-order chi connectivity index (χ0) is 16.3. The van der Waals surface area contributed by atoms with Gasteiger partial charge in [-0.15, -0.1) is 0 Å². The second-order valence-electron chi connectivity index (χ2n) is 5.29. The van der Waals surface area contributed by atoms with Crippen LogP contribution in [-0.4, -0.2) is 44.1 Å². The van der Waals surface area contributed by atoms with Gasteiger partial charge in [0.15, 0.2) is 0 Å². The van der Waals surface area contributed by atoms with Crippen LogP contribution in [0.25, 0.3) is 0 Å². The summed E-state index contributed by atoms with van der Waals surface area (Å²) in [5.74, 6) is 0. The van der Waals surface area contributed by atoms with Crippen LogP contribution in [0.4, 0.5) is 11.4 Å². The van der Waals surface area contributed by atoms with Crippen molar-refractivity contribution in [3.63, 3.8) is 0 Å². The summed E-state index contributed by atoms with van der Waals surface area (Å²) in [4.78, 5) is 0.0639. The number of aliphatic hydroxyl groups is 1. The van der Waals surface area contributed by atoms with Gasteiger partial charge in [-0.3, -0.25) is 0 Å². The maximum atomic E-state index is 12.2. The summed E-state index contributed by atoms with van der Waals surface area (Å²) in [6, 6.07) is 4.81. The average molecular weight is 315 g/mol. The van der Waals surface area contributed by atoms with Crippen molar-refractivity contribution in [2.75, 3.05) is 31.7 Å². The lowest BCUT2D eigenvalue weighted by Crippen LogP contribution is -2.35. The molecule has 0 saturated carbocycles. The summed E-state index contributed by atoms with van der Waals surface area (Å²) in [5, 5.41) is 13.3. The third kappa shape index (κ3) is 3.87. The molecule has 0 aliphatic rings. The Bertz CT molecular complexity index is 581. The Labute approximate surface area is 127 Å². The van der Waals surface area contributed by atoms with Crippen LogP contribution in [-0.2, 0) is 10.0 Å². The van der Waals surface area contributed by atoms with Gasteiger partial charge in [0.1, 0.15) is 4.90 Å². The Hall–Kier alpha value is -1.31. The summed E-state index contributed by atoms with van der Waals surface area (Å²) in [5.41, 5.74) is 5.82. The second kappa shape index (κ2) is 6.64. The largest absolute Gasteiger partial charge is 0.396 e. The summed E-state index contributed by atoms with van der Waals surface area (Å²) in [6.45, 7) is 4.12. The molecule has 120 valence electrons. The molecule has 0 atom stereocenters. The van der Waals surface area contributed by atoms with Gasteiger partial charge in [0, 0.05) is 20.6 Å². The number of anilines is 2. The number of nitrogens with zero attached hydrogens (tertiary/aromatic N) is 1. The molecule has 7 heteroatoms. The number of sulfonamides is 1. The predicted octanol–water partition coefficient (Wildman–Crippen LogP) is 1.48. The van der Waals surface area contributed by atoms with E-state index in [0.717, 1.165) is 4.31 Å². The molecule has 0 saturated heterocycles. The van der Waals surface area contributed by atoms with Gasteiger partial charge in [-0.2, -0.15) is 0 Å². The summed E-state index contributed by atoms with van der Waals surface area (Å²) in [7, 11) is -0.669. The minimum atomic E-state index is -3.59. The zero-order valence-electron chi connectivity index (χ0n) is 13.0. The summed E-state index contributed by atoms with van der Waals surface area (Å²) >= 11 is 0. The number of nitrogen functional groups attached to an aromatic ring is 1. The van der Waals surface area contributed by atoms with E-state index in [-0.39, 0.29) is 10.6 Å². The molecule has 4 N–H and O–H groups in total. The van der Waals surface area contributed by atoms with Crippen LogP contribution in [0.1, 0.15) is 26.7 Å². The van der Waals surface area contributed by atoms with Crippen LogP contribution in [0.3, 0.4) is 0 Å². The van der Waals surface area contributed by atoms with Gasteiger partial charge >= 0.3 is 0 Å². The molecule has 0 aliphatic heterocycles. The third-order valence-electron chi connectivity index (χ3n) is 3.75. The van der Waals surface area contributed by atoms with Crippen LogP contribution >= 0.6 is 0 Å². The highest BCUT2D eigenvalue weighted by Gasteiger charge is 2.24. The normalized spacial score (nSPS) is 12.7. The van der Waals surface area contributed by atoms with E-state index in [1.807, 2.05) is 13.8 Å². The number of nitrogens with one attached hydrogen (secondary N) is 1. The van der Waals surface area contributed by atoms with Crippen molar-refractivity contribution < 1.29 is 13.5 Å². The van der Waals surface area contributed by atoms with Crippen molar-refractivity contribution in [1.29, 1.82) is 0 Å². The van der Waals surface area contributed by atoms with Gasteiger partial charge in [0.05, 0.1) is 17.0 Å². The molecular formula is C14H25N3O3S. The molecule has 6 nitrogen and oxygen atoms in total. The lowest BCUT2D eigenvalue weighted by Gasteiger charge is -2.26. The Kier molecular flexibility index (Phi) is 5.61. The Morgan fingerprint density at radius 1 is 1.29 bits per heavy atom. The minimum Gasteiger partial charge on any atom is -0.396 e. The molecule has 0 aromatic heterocycles. The monoisotopic (exact) mass is 315 g/mol. The molecule has 1 aromatic carbocycles. The van der Waals surface area contributed by atoms with Gasteiger partial charge in [-0.25, -0.2) is 12.7 Å². The van der Waals surface area contributed by atoms with E-state index in [1.54, 1.807) is 12.1 Å². The summed E-state index contributed by atoms with van der Waals surface area (Å²) in [6.07, 6.45) is 1.21. The lowest BCUT2D eigenvalue weighted by molar-refractivity contribution is 0.0457. The van der Waals surface area contributed by atoms with Gasteiger partial charge in [0.2, 0.25) is 10.0 Å². The highest BCUT2D eigenvalue weighted by molar-refractivity contribution is 7.89. The number of nitrogens with two attached hydrogens (primary N) is 1.